The minimum absolute atomic E-state index is 0.0466. The Labute approximate surface area is 112 Å². The summed E-state index contributed by atoms with van der Waals surface area (Å²) in [7, 11) is 0. The molecule has 0 aliphatic carbocycles. The molecule has 1 atom stereocenters. The van der Waals surface area contributed by atoms with Crippen LogP contribution < -0.4 is 11.4 Å². The highest BCUT2D eigenvalue weighted by Crippen LogP contribution is 2.37. The quantitative estimate of drug-likeness (QED) is 0.584. The van der Waals surface area contributed by atoms with Gasteiger partial charge in [0, 0.05) is 0 Å². The van der Waals surface area contributed by atoms with Crippen LogP contribution in [-0.2, 0) is 10.5 Å². The molecule has 1 unspecified atom stereocenters. The number of aliphatic hydroxyl groups excluding tert-OH is 2. The molecule has 5 N–H and O–H groups in total. The second-order valence-corrected chi connectivity index (χ2v) is 4.72. The first kappa shape index (κ1) is 12.5. The Morgan fingerprint density at radius 1 is 1.65 bits per heavy atom. The average Bonchev–Trinajstić information content (AvgIpc) is 2.91. The van der Waals surface area contributed by atoms with Crippen molar-refractivity contribution < 1.29 is 14.9 Å². The van der Waals surface area contributed by atoms with E-state index in [0.29, 0.717) is 5.52 Å². The number of nitrogens with two attached hydrogens (primary N) is 1. The lowest BCUT2D eigenvalue weighted by atomic mass is 10.1. The Morgan fingerprint density at radius 2 is 2.40 bits per heavy atom. The molecule has 1 aliphatic rings. The summed E-state index contributed by atoms with van der Waals surface area (Å²) in [5.74, 6) is 0.154. The number of anilines is 1. The van der Waals surface area contributed by atoms with Crippen LogP contribution in [-0.4, -0.2) is 36.3 Å². The van der Waals surface area contributed by atoms with Crippen LogP contribution in [0.1, 0.15) is 13.3 Å². The highest BCUT2D eigenvalue weighted by molar-refractivity contribution is 5.81. The van der Waals surface area contributed by atoms with Crippen LogP contribution in [0.25, 0.3) is 11.2 Å². The third-order valence-corrected chi connectivity index (χ3v) is 3.26. The third kappa shape index (κ3) is 1.63. The molecule has 0 saturated carbocycles. The largest absolute Gasteiger partial charge is 0.508 e. The van der Waals surface area contributed by atoms with Crippen molar-refractivity contribution in [2.75, 3.05) is 12.3 Å². The van der Waals surface area contributed by atoms with Gasteiger partial charge in [-0.15, -0.1) is 0 Å². The van der Waals surface area contributed by atoms with E-state index in [4.69, 9.17) is 15.6 Å². The van der Waals surface area contributed by atoms with Gasteiger partial charge >= 0.3 is 5.69 Å². The van der Waals surface area contributed by atoms with E-state index >= 15 is 0 Å². The van der Waals surface area contributed by atoms with Gasteiger partial charge in [0.05, 0.1) is 6.42 Å². The summed E-state index contributed by atoms with van der Waals surface area (Å²) in [4.78, 5) is 21.7. The topological polar surface area (TPSA) is 139 Å². The van der Waals surface area contributed by atoms with Crippen LogP contribution in [0.4, 0.5) is 5.82 Å². The van der Waals surface area contributed by atoms with Gasteiger partial charge in [-0.2, -0.15) is 4.98 Å². The maximum atomic E-state index is 11.4. The van der Waals surface area contributed by atoms with Gasteiger partial charge in [-0.05, 0) is 6.92 Å². The minimum Gasteiger partial charge on any atom is -0.508 e. The van der Waals surface area contributed by atoms with Crippen LogP contribution in [0.2, 0.25) is 0 Å². The van der Waals surface area contributed by atoms with Crippen LogP contribution in [0, 0.1) is 0 Å². The average molecular weight is 279 g/mol. The zero-order valence-electron chi connectivity index (χ0n) is 10.6. The number of nitrogens with one attached hydrogen (secondary N) is 1. The van der Waals surface area contributed by atoms with E-state index in [-0.39, 0.29) is 29.4 Å². The van der Waals surface area contributed by atoms with Crippen molar-refractivity contribution in [3.05, 3.63) is 28.3 Å². The fourth-order valence-corrected chi connectivity index (χ4v) is 2.31. The van der Waals surface area contributed by atoms with Crippen LogP contribution in [0.15, 0.2) is 22.6 Å². The fourth-order valence-electron chi connectivity index (χ4n) is 2.31. The van der Waals surface area contributed by atoms with Crippen LogP contribution in [0.5, 0.6) is 0 Å². The Hall–Kier alpha value is -2.55. The number of hydrogen-bond donors (Lipinski definition) is 4. The first-order valence-electron chi connectivity index (χ1n) is 5.89. The van der Waals surface area contributed by atoms with E-state index in [1.807, 2.05) is 0 Å². The molecule has 3 heterocycles. The summed E-state index contributed by atoms with van der Waals surface area (Å²) in [5, 5.41) is 18.9. The van der Waals surface area contributed by atoms with E-state index in [0.717, 1.165) is 0 Å². The van der Waals surface area contributed by atoms with Crippen molar-refractivity contribution in [2.24, 2.45) is 0 Å². The zero-order chi connectivity index (χ0) is 14.5. The summed E-state index contributed by atoms with van der Waals surface area (Å²) in [5.41, 5.74) is 4.65. The number of ether oxygens (including phenoxy) is 1. The first-order valence-corrected chi connectivity index (χ1v) is 5.89. The first-order chi connectivity index (χ1) is 9.44. The molecule has 0 fully saturated rings. The lowest BCUT2D eigenvalue weighted by Gasteiger charge is -2.26. The molecule has 0 bridgehead atoms. The molecule has 2 aromatic heterocycles. The molecule has 9 nitrogen and oxygen atoms in total. The number of nitrogen functional groups attached to an aromatic ring is 1. The number of aromatic nitrogens is 4. The van der Waals surface area contributed by atoms with Crippen molar-refractivity contribution in [3.8, 4) is 0 Å². The predicted molar refractivity (Wildman–Crippen MR) is 68.7 cm³/mol. The van der Waals surface area contributed by atoms with Crippen LogP contribution in [0.3, 0.4) is 0 Å². The molecule has 0 aromatic carbocycles. The highest BCUT2D eigenvalue weighted by atomic mass is 16.5. The number of hydrogen-bond acceptors (Lipinski definition) is 7. The summed E-state index contributed by atoms with van der Waals surface area (Å²) in [6, 6.07) is 0. The minimum atomic E-state index is -1.02. The Bertz CT molecular complexity index is 777. The highest BCUT2D eigenvalue weighted by Gasteiger charge is 2.39. The second-order valence-electron chi connectivity index (χ2n) is 4.72. The maximum Gasteiger partial charge on any atom is 0.348 e. The standard InChI is InChI=1S/C11H13N5O4/c1-11(2-5(18)6(3-17)20-11)16-4-13-7-8(12)14-10(19)15-9(7)16/h4,17-18H,2-3H2,1H3,(H3,12,14,15,19). The van der Waals surface area contributed by atoms with Gasteiger partial charge in [-0.25, -0.2) is 9.78 Å². The smallest absolute Gasteiger partial charge is 0.348 e. The van der Waals surface area contributed by atoms with Crippen molar-refractivity contribution in [1.29, 1.82) is 0 Å². The summed E-state index contributed by atoms with van der Waals surface area (Å²) >= 11 is 0. The molecule has 0 amide bonds. The summed E-state index contributed by atoms with van der Waals surface area (Å²) < 4.78 is 7.06. The summed E-state index contributed by atoms with van der Waals surface area (Å²) in [6.45, 7) is 1.27. The lowest BCUT2D eigenvalue weighted by molar-refractivity contribution is -0.0350. The number of aromatic amines is 1. The van der Waals surface area contributed by atoms with E-state index < -0.39 is 18.0 Å². The van der Waals surface area contributed by atoms with E-state index in [1.54, 1.807) is 6.92 Å². The number of rotatable bonds is 2. The number of aliphatic hydroxyl groups is 2. The molecule has 20 heavy (non-hydrogen) atoms. The van der Waals surface area contributed by atoms with Crippen molar-refractivity contribution in [3.63, 3.8) is 0 Å². The number of H-pyrrole nitrogens is 1. The second kappa shape index (κ2) is 3.97. The molecule has 2 aromatic rings. The molecule has 0 radical (unpaired) electrons. The molecule has 9 heteroatoms. The van der Waals surface area contributed by atoms with Crippen molar-refractivity contribution in [2.45, 2.75) is 19.1 Å². The van der Waals surface area contributed by atoms with Gasteiger partial charge in [-0.3, -0.25) is 9.55 Å². The zero-order valence-corrected chi connectivity index (χ0v) is 10.6. The molecule has 1 aliphatic heterocycles. The van der Waals surface area contributed by atoms with E-state index in [2.05, 4.69) is 15.0 Å². The van der Waals surface area contributed by atoms with Gasteiger partial charge in [0.2, 0.25) is 0 Å². The fraction of sp³-hybridized carbons (Fsp3) is 0.364. The predicted octanol–water partition coefficient (Wildman–Crippen LogP) is -0.443. The van der Waals surface area contributed by atoms with Gasteiger partial charge < -0.3 is 20.7 Å². The molecular formula is C11H13N5O4. The Balaban J connectivity index is 2.15. The van der Waals surface area contributed by atoms with Crippen LogP contribution >= 0.6 is 0 Å². The van der Waals surface area contributed by atoms with E-state index in [9.17, 15) is 9.90 Å². The third-order valence-electron chi connectivity index (χ3n) is 3.26. The molecule has 0 saturated heterocycles. The number of imidazole rings is 1. The monoisotopic (exact) mass is 279 g/mol. The maximum absolute atomic E-state index is 11.4. The Morgan fingerprint density at radius 3 is 3.05 bits per heavy atom. The number of fused-ring (bicyclic) bond motifs is 1. The van der Waals surface area contributed by atoms with Gasteiger partial charge in [0.25, 0.3) is 0 Å². The normalized spacial score (nSPS) is 22.5. The van der Waals surface area contributed by atoms with Crippen molar-refractivity contribution >= 4 is 17.0 Å². The SMILES string of the molecule is CC1(n2cnc3c(N)[nH]c(=O)nc32)CC(O)=C(CO)O1. The lowest BCUT2D eigenvalue weighted by Crippen LogP contribution is -2.30. The van der Waals surface area contributed by atoms with Gasteiger partial charge in [0.1, 0.15) is 30.0 Å². The summed E-state index contributed by atoms with van der Waals surface area (Å²) in [6.07, 6.45) is 1.55. The Kier molecular flexibility index (Phi) is 2.48. The van der Waals surface area contributed by atoms with Gasteiger partial charge in [0.15, 0.2) is 17.1 Å². The molecule has 3 rings (SSSR count). The van der Waals surface area contributed by atoms with Gasteiger partial charge in [-0.1, -0.05) is 0 Å². The molecule has 0 spiro atoms. The molecule has 106 valence electrons. The van der Waals surface area contributed by atoms with Crippen molar-refractivity contribution in [1.82, 2.24) is 19.5 Å². The molecular weight excluding hydrogens is 266 g/mol. The number of nitrogens with zero attached hydrogens (tertiary/aromatic N) is 3. The van der Waals surface area contributed by atoms with E-state index in [1.165, 1.54) is 10.9 Å².